The van der Waals surface area contributed by atoms with E-state index in [1.54, 1.807) is 11.3 Å². The fraction of sp³-hybridized carbons (Fsp3) is 0.667. The Kier molecular flexibility index (Phi) is 5.93. The first-order chi connectivity index (χ1) is 7.88. The molecule has 1 aromatic rings. The van der Waals surface area contributed by atoms with Gasteiger partial charge in [0.2, 0.25) is 0 Å². The summed E-state index contributed by atoms with van der Waals surface area (Å²) in [4.78, 5) is 3.55. The van der Waals surface area contributed by atoms with Crippen molar-refractivity contribution < 1.29 is 0 Å². The number of hydrogen-bond donors (Lipinski definition) is 1. The monoisotopic (exact) mass is 338 g/mol. The highest BCUT2D eigenvalue weighted by Gasteiger charge is 2.24. The van der Waals surface area contributed by atoms with Gasteiger partial charge >= 0.3 is 0 Å². The maximum absolute atomic E-state index is 6.09. The Hall–Kier alpha value is 0.390. The van der Waals surface area contributed by atoms with Crippen molar-refractivity contribution in [3.63, 3.8) is 0 Å². The molecule has 5 heteroatoms. The molecule has 98 valence electrons. The third-order valence-corrected chi connectivity index (χ3v) is 5.89. The number of rotatable bonds is 5. The number of nitrogens with zero attached hydrogens (tertiary/aromatic N) is 1. The second-order valence-corrected chi connectivity index (χ2v) is 7.21. The Morgan fingerprint density at radius 1 is 1.47 bits per heavy atom. The van der Waals surface area contributed by atoms with Gasteiger partial charge in [-0.15, -0.1) is 11.3 Å². The van der Waals surface area contributed by atoms with E-state index in [4.69, 9.17) is 17.3 Å². The van der Waals surface area contributed by atoms with Gasteiger partial charge in [0.15, 0.2) is 0 Å². The van der Waals surface area contributed by atoms with E-state index in [9.17, 15) is 0 Å². The van der Waals surface area contributed by atoms with Gasteiger partial charge in [-0.25, -0.2) is 0 Å². The average Bonchev–Trinajstić information content (AvgIpc) is 2.58. The zero-order valence-corrected chi connectivity index (χ0v) is 13.9. The van der Waals surface area contributed by atoms with E-state index in [2.05, 4.69) is 54.7 Å². The van der Waals surface area contributed by atoms with Crippen molar-refractivity contribution in [1.29, 1.82) is 0 Å². The number of halogens is 2. The summed E-state index contributed by atoms with van der Waals surface area (Å²) in [7, 11) is 2.13. The van der Waals surface area contributed by atoms with Crippen LogP contribution in [0.3, 0.4) is 0 Å². The van der Waals surface area contributed by atoms with Gasteiger partial charge in [0.1, 0.15) is 4.34 Å². The Labute approximate surface area is 121 Å². The van der Waals surface area contributed by atoms with Crippen LogP contribution in [0.25, 0.3) is 0 Å². The summed E-state index contributed by atoms with van der Waals surface area (Å²) in [5.74, 6) is 0.605. The van der Waals surface area contributed by atoms with E-state index in [0.29, 0.717) is 18.5 Å². The van der Waals surface area contributed by atoms with Crippen molar-refractivity contribution in [2.75, 3.05) is 13.6 Å². The lowest BCUT2D eigenvalue weighted by molar-refractivity contribution is 0.154. The van der Waals surface area contributed by atoms with Crippen molar-refractivity contribution >= 4 is 38.9 Å². The smallest absolute Gasteiger partial charge is 0.107 e. The van der Waals surface area contributed by atoms with Crippen LogP contribution in [0.2, 0.25) is 4.34 Å². The highest BCUT2D eigenvalue weighted by atomic mass is 79.9. The first-order valence-electron chi connectivity index (χ1n) is 5.75. The SMILES string of the molecule is CC(C)C(C)N(C)C(CN)c1cc(Br)c(Cl)s1. The predicted molar refractivity (Wildman–Crippen MR) is 80.9 cm³/mol. The fourth-order valence-electron chi connectivity index (χ4n) is 1.76. The second-order valence-electron chi connectivity index (χ2n) is 4.67. The summed E-state index contributed by atoms with van der Waals surface area (Å²) in [6, 6.07) is 2.80. The average molecular weight is 340 g/mol. The molecule has 0 amide bonds. The van der Waals surface area contributed by atoms with E-state index in [-0.39, 0.29) is 6.04 Å². The van der Waals surface area contributed by atoms with Crippen LogP contribution < -0.4 is 5.73 Å². The first-order valence-corrected chi connectivity index (χ1v) is 7.74. The summed E-state index contributed by atoms with van der Waals surface area (Å²) in [5.41, 5.74) is 5.91. The third-order valence-electron chi connectivity index (χ3n) is 3.31. The first kappa shape index (κ1) is 15.4. The lowest BCUT2D eigenvalue weighted by Crippen LogP contribution is -2.39. The molecule has 2 N–H and O–H groups in total. The molecule has 0 saturated heterocycles. The summed E-state index contributed by atoms with van der Waals surface area (Å²) in [6.45, 7) is 7.30. The van der Waals surface area contributed by atoms with Crippen molar-refractivity contribution in [2.24, 2.45) is 11.7 Å². The number of nitrogens with two attached hydrogens (primary N) is 1. The predicted octanol–water partition coefficient (Wildman–Crippen LogP) is 4.14. The molecule has 0 aliphatic rings. The van der Waals surface area contributed by atoms with Gasteiger partial charge in [0.25, 0.3) is 0 Å². The van der Waals surface area contributed by atoms with Crippen LogP contribution in [0.5, 0.6) is 0 Å². The van der Waals surface area contributed by atoms with Crippen LogP contribution in [0.1, 0.15) is 31.7 Å². The lowest BCUT2D eigenvalue weighted by Gasteiger charge is -2.34. The summed E-state index contributed by atoms with van der Waals surface area (Å²) in [6.07, 6.45) is 0. The van der Waals surface area contributed by atoms with Crippen LogP contribution in [-0.4, -0.2) is 24.5 Å². The van der Waals surface area contributed by atoms with Crippen LogP contribution >= 0.6 is 38.9 Å². The van der Waals surface area contributed by atoms with E-state index in [0.717, 1.165) is 8.81 Å². The molecule has 2 nitrogen and oxygen atoms in total. The molecule has 0 fully saturated rings. The lowest BCUT2D eigenvalue weighted by atomic mass is 10.0. The Morgan fingerprint density at radius 3 is 2.41 bits per heavy atom. The standard InChI is InChI=1S/C12H20BrClN2S/c1-7(2)8(3)16(4)10(6-15)11-5-9(13)12(14)17-11/h5,7-8,10H,6,15H2,1-4H3. The third kappa shape index (κ3) is 3.67. The van der Waals surface area contributed by atoms with Gasteiger partial charge in [-0.05, 0) is 41.9 Å². The van der Waals surface area contributed by atoms with Gasteiger partial charge in [-0.2, -0.15) is 0 Å². The van der Waals surface area contributed by atoms with Crippen LogP contribution in [0.15, 0.2) is 10.5 Å². The Balaban J connectivity index is 2.91. The minimum Gasteiger partial charge on any atom is -0.329 e. The summed E-state index contributed by atoms with van der Waals surface area (Å²) >= 11 is 11.1. The van der Waals surface area contributed by atoms with E-state index >= 15 is 0 Å². The highest BCUT2D eigenvalue weighted by Crippen LogP contribution is 2.37. The van der Waals surface area contributed by atoms with Crippen molar-refractivity contribution in [2.45, 2.75) is 32.9 Å². The molecule has 0 saturated carbocycles. The summed E-state index contributed by atoms with van der Waals surface area (Å²) < 4.78 is 1.76. The number of likely N-dealkylation sites (N-methyl/N-ethyl adjacent to an activating group) is 1. The molecule has 2 unspecified atom stereocenters. The second kappa shape index (κ2) is 6.53. The quantitative estimate of drug-likeness (QED) is 0.873. The maximum atomic E-state index is 6.09. The zero-order valence-electron chi connectivity index (χ0n) is 10.7. The molecule has 1 aromatic heterocycles. The van der Waals surface area contributed by atoms with Gasteiger partial charge < -0.3 is 5.73 Å². The van der Waals surface area contributed by atoms with Crippen molar-refractivity contribution in [3.05, 3.63) is 19.8 Å². The molecule has 1 rings (SSSR count). The van der Waals surface area contributed by atoms with Gasteiger partial charge in [-0.1, -0.05) is 25.4 Å². The molecule has 0 aliphatic heterocycles. The molecule has 1 heterocycles. The normalized spacial score (nSPS) is 15.6. The van der Waals surface area contributed by atoms with Gasteiger partial charge in [0.05, 0.1) is 6.04 Å². The van der Waals surface area contributed by atoms with Crippen LogP contribution in [0, 0.1) is 5.92 Å². The minimum atomic E-state index is 0.237. The molecule has 0 aliphatic carbocycles. The minimum absolute atomic E-state index is 0.237. The van der Waals surface area contributed by atoms with Gasteiger partial charge in [0, 0.05) is 21.9 Å². The molecule has 17 heavy (non-hydrogen) atoms. The van der Waals surface area contributed by atoms with Crippen LogP contribution in [-0.2, 0) is 0 Å². The molecular formula is C12H20BrClN2S. The van der Waals surface area contributed by atoms with E-state index < -0.39 is 0 Å². The van der Waals surface area contributed by atoms with Gasteiger partial charge in [-0.3, -0.25) is 4.90 Å². The molecule has 0 aromatic carbocycles. The van der Waals surface area contributed by atoms with Crippen molar-refractivity contribution in [3.8, 4) is 0 Å². The molecule has 0 radical (unpaired) electrons. The maximum Gasteiger partial charge on any atom is 0.107 e. The topological polar surface area (TPSA) is 29.3 Å². The number of hydrogen-bond acceptors (Lipinski definition) is 3. The zero-order chi connectivity index (χ0) is 13.2. The van der Waals surface area contributed by atoms with Crippen molar-refractivity contribution in [1.82, 2.24) is 4.90 Å². The summed E-state index contributed by atoms with van der Waals surface area (Å²) in [5, 5.41) is 0. The molecule has 0 spiro atoms. The highest BCUT2D eigenvalue weighted by molar-refractivity contribution is 9.10. The Bertz CT molecular complexity index is 348. The molecule has 2 atom stereocenters. The fourth-order valence-corrected chi connectivity index (χ4v) is 3.67. The molecule has 0 bridgehead atoms. The largest absolute Gasteiger partial charge is 0.329 e. The van der Waals surface area contributed by atoms with E-state index in [1.807, 2.05) is 0 Å². The Morgan fingerprint density at radius 2 is 2.06 bits per heavy atom. The molecular weight excluding hydrogens is 320 g/mol. The van der Waals surface area contributed by atoms with E-state index in [1.165, 1.54) is 4.88 Å². The van der Waals surface area contributed by atoms with Crippen LogP contribution in [0.4, 0.5) is 0 Å². The number of thiophene rings is 1.